The fourth-order valence-electron chi connectivity index (χ4n) is 2.36. The van der Waals surface area contributed by atoms with Crippen LogP contribution in [-0.4, -0.2) is 11.8 Å². The molecule has 3 aromatic carbocycles. The predicted octanol–water partition coefficient (Wildman–Crippen LogP) is 5.12. The van der Waals surface area contributed by atoms with E-state index in [4.69, 9.17) is 11.6 Å². The summed E-state index contributed by atoms with van der Waals surface area (Å²) in [5, 5.41) is 5.02. The fraction of sp³-hybridized carbons (Fsp3) is 0. The summed E-state index contributed by atoms with van der Waals surface area (Å²) in [6.07, 6.45) is 0. The molecule has 0 spiro atoms. The molecule has 27 heavy (non-hydrogen) atoms. The van der Waals surface area contributed by atoms with Crippen molar-refractivity contribution in [2.24, 2.45) is 0 Å². The van der Waals surface area contributed by atoms with E-state index < -0.39 is 23.4 Å². The van der Waals surface area contributed by atoms with Crippen molar-refractivity contribution in [3.05, 3.63) is 94.5 Å². The van der Waals surface area contributed by atoms with Crippen LogP contribution in [0.25, 0.3) is 0 Å². The Morgan fingerprint density at radius 1 is 0.741 bits per heavy atom. The van der Waals surface area contributed by atoms with Crippen molar-refractivity contribution in [3.8, 4) is 0 Å². The first kappa shape index (κ1) is 18.5. The Morgan fingerprint density at radius 2 is 1.44 bits per heavy atom. The van der Waals surface area contributed by atoms with Crippen LogP contribution in [0.5, 0.6) is 0 Å². The van der Waals surface area contributed by atoms with Crippen LogP contribution < -0.4 is 10.6 Å². The molecule has 0 radical (unpaired) electrons. The summed E-state index contributed by atoms with van der Waals surface area (Å²) < 4.78 is 26.9. The molecule has 0 aliphatic heterocycles. The number of amides is 2. The first-order valence-corrected chi connectivity index (χ1v) is 8.24. The second kappa shape index (κ2) is 7.97. The van der Waals surface area contributed by atoms with Gasteiger partial charge in [0.15, 0.2) is 0 Å². The maximum Gasteiger partial charge on any atom is 0.258 e. The number of nitrogens with one attached hydrogen (secondary N) is 2. The van der Waals surface area contributed by atoms with Gasteiger partial charge >= 0.3 is 0 Å². The topological polar surface area (TPSA) is 58.2 Å². The largest absolute Gasteiger partial charge is 0.322 e. The molecule has 2 N–H and O–H groups in total. The van der Waals surface area contributed by atoms with Crippen LogP contribution in [0, 0.1) is 11.6 Å². The molecule has 0 unspecified atom stereocenters. The van der Waals surface area contributed by atoms with Gasteiger partial charge in [-0.3, -0.25) is 9.59 Å². The molecule has 0 saturated heterocycles. The SMILES string of the molecule is O=C(Nc1ccc(F)c(Cl)c1)c1cccc(NC(=O)c2ccccc2F)c1. The Bertz CT molecular complexity index is 1020. The highest BCUT2D eigenvalue weighted by molar-refractivity contribution is 6.31. The monoisotopic (exact) mass is 386 g/mol. The summed E-state index contributed by atoms with van der Waals surface area (Å²) in [6, 6.07) is 15.5. The lowest BCUT2D eigenvalue weighted by atomic mass is 10.1. The van der Waals surface area contributed by atoms with E-state index in [1.807, 2.05) is 0 Å². The number of hydrogen-bond donors (Lipinski definition) is 2. The van der Waals surface area contributed by atoms with Crippen molar-refractivity contribution in [2.75, 3.05) is 10.6 Å². The Morgan fingerprint density at radius 3 is 2.19 bits per heavy atom. The minimum Gasteiger partial charge on any atom is -0.322 e. The fourth-order valence-corrected chi connectivity index (χ4v) is 2.54. The van der Waals surface area contributed by atoms with E-state index in [-0.39, 0.29) is 16.1 Å². The Balaban J connectivity index is 1.74. The third-order valence-electron chi connectivity index (χ3n) is 3.68. The second-order valence-electron chi connectivity index (χ2n) is 5.60. The average Bonchev–Trinajstić information content (AvgIpc) is 2.65. The molecule has 7 heteroatoms. The minimum atomic E-state index is -0.642. The lowest BCUT2D eigenvalue weighted by Gasteiger charge is -2.09. The molecule has 3 rings (SSSR count). The molecule has 136 valence electrons. The van der Waals surface area contributed by atoms with Gasteiger partial charge in [0.1, 0.15) is 11.6 Å². The van der Waals surface area contributed by atoms with E-state index in [9.17, 15) is 18.4 Å². The third kappa shape index (κ3) is 4.48. The maximum atomic E-state index is 13.7. The van der Waals surface area contributed by atoms with Gasteiger partial charge in [-0.05, 0) is 48.5 Å². The zero-order valence-electron chi connectivity index (χ0n) is 13.8. The number of rotatable bonds is 4. The molecule has 0 fully saturated rings. The quantitative estimate of drug-likeness (QED) is 0.653. The molecular weight excluding hydrogens is 374 g/mol. The summed E-state index contributed by atoms with van der Waals surface area (Å²) in [4.78, 5) is 24.5. The molecule has 0 aromatic heterocycles. The number of hydrogen-bond acceptors (Lipinski definition) is 2. The van der Waals surface area contributed by atoms with E-state index >= 15 is 0 Å². The van der Waals surface area contributed by atoms with Crippen molar-refractivity contribution in [3.63, 3.8) is 0 Å². The highest BCUT2D eigenvalue weighted by Crippen LogP contribution is 2.20. The lowest BCUT2D eigenvalue weighted by molar-refractivity contribution is 0.101. The number of carbonyl (C=O) groups excluding carboxylic acids is 2. The molecule has 2 amide bonds. The van der Waals surface area contributed by atoms with Crippen LogP contribution in [0.4, 0.5) is 20.2 Å². The minimum absolute atomic E-state index is 0.103. The van der Waals surface area contributed by atoms with Crippen molar-refractivity contribution < 1.29 is 18.4 Å². The smallest absolute Gasteiger partial charge is 0.258 e. The Labute approximate surface area is 158 Å². The molecule has 0 heterocycles. The van der Waals surface area contributed by atoms with Crippen molar-refractivity contribution in [1.82, 2.24) is 0 Å². The number of anilines is 2. The zero-order chi connectivity index (χ0) is 19.4. The van der Waals surface area contributed by atoms with Crippen LogP contribution in [0.15, 0.2) is 66.7 Å². The van der Waals surface area contributed by atoms with E-state index in [2.05, 4.69) is 10.6 Å². The van der Waals surface area contributed by atoms with Crippen molar-refractivity contribution in [1.29, 1.82) is 0 Å². The summed E-state index contributed by atoms with van der Waals surface area (Å²) in [7, 11) is 0. The van der Waals surface area contributed by atoms with Crippen LogP contribution in [0.1, 0.15) is 20.7 Å². The van der Waals surface area contributed by atoms with Gasteiger partial charge < -0.3 is 10.6 Å². The van der Waals surface area contributed by atoms with Gasteiger partial charge in [0.25, 0.3) is 11.8 Å². The van der Waals surface area contributed by atoms with E-state index in [0.717, 1.165) is 6.07 Å². The standard InChI is InChI=1S/C20H13ClF2N2O2/c21-16-11-14(8-9-18(16)23)24-19(26)12-4-3-5-13(10-12)25-20(27)15-6-1-2-7-17(15)22/h1-11H,(H,24,26)(H,25,27). The van der Waals surface area contributed by atoms with Crippen molar-refractivity contribution >= 4 is 34.8 Å². The van der Waals surface area contributed by atoms with Crippen LogP contribution in [0.3, 0.4) is 0 Å². The van der Waals surface area contributed by atoms with Gasteiger partial charge in [0.2, 0.25) is 0 Å². The Kier molecular flexibility index (Phi) is 5.47. The average molecular weight is 387 g/mol. The number of halogens is 3. The molecule has 0 atom stereocenters. The van der Waals surface area contributed by atoms with Gasteiger partial charge in [-0.15, -0.1) is 0 Å². The third-order valence-corrected chi connectivity index (χ3v) is 3.97. The van der Waals surface area contributed by atoms with Crippen LogP contribution in [-0.2, 0) is 0 Å². The van der Waals surface area contributed by atoms with E-state index in [1.165, 1.54) is 36.4 Å². The molecular formula is C20H13ClF2N2O2. The van der Waals surface area contributed by atoms with Gasteiger partial charge in [0.05, 0.1) is 10.6 Å². The zero-order valence-corrected chi connectivity index (χ0v) is 14.6. The van der Waals surface area contributed by atoms with Gasteiger partial charge in [0, 0.05) is 16.9 Å². The molecule has 4 nitrogen and oxygen atoms in total. The molecule has 0 aliphatic rings. The summed E-state index contributed by atoms with van der Waals surface area (Å²) >= 11 is 5.69. The van der Waals surface area contributed by atoms with Gasteiger partial charge in [-0.1, -0.05) is 29.8 Å². The first-order chi connectivity index (χ1) is 12.9. The number of benzene rings is 3. The molecule has 0 bridgehead atoms. The van der Waals surface area contributed by atoms with E-state index in [0.29, 0.717) is 11.4 Å². The van der Waals surface area contributed by atoms with Gasteiger partial charge in [-0.2, -0.15) is 0 Å². The second-order valence-corrected chi connectivity index (χ2v) is 6.00. The summed E-state index contributed by atoms with van der Waals surface area (Å²) in [5.41, 5.74) is 0.801. The first-order valence-electron chi connectivity index (χ1n) is 7.86. The molecule has 0 aliphatic carbocycles. The maximum absolute atomic E-state index is 13.7. The van der Waals surface area contributed by atoms with Crippen LogP contribution >= 0.6 is 11.6 Å². The lowest BCUT2D eigenvalue weighted by Crippen LogP contribution is -2.15. The number of carbonyl (C=O) groups is 2. The normalized spacial score (nSPS) is 10.3. The molecule has 0 saturated carbocycles. The predicted molar refractivity (Wildman–Crippen MR) is 100 cm³/mol. The van der Waals surface area contributed by atoms with E-state index in [1.54, 1.807) is 24.3 Å². The highest BCUT2D eigenvalue weighted by Gasteiger charge is 2.13. The van der Waals surface area contributed by atoms with Gasteiger partial charge in [-0.25, -0.2) is 8.78 Å². The highest BCUT2D eigenvalue weighted by atomic mass is 35.5. The van der Waals surface area contributed by atoms with Crippen LogP contribution in [0.2, 0.25) is 5.02 Å². The summed E-state index contributed by atoms with van der Waals surface area (Å²) in [6.45, 7) is 0. The Hall–Kier alpha value is -3.25. The van der Waals surface area contributed by atoms with Crippen molar-refractivity contribution in [2.45, 2.75) is 0 Å². The molecule has 3 aromatic rings. The summed E-state index contributed by atoms with van der Waals surface area (Å²) in [5.74, 6) is -2.33.